The van der Waals surface area contributed by atoms with E-state index in [1.165, 1.54) is 4.90 Å². The summed E-state index contributed by atoms with van der Waals surface area (Å²) in [6.07, 6.45) is 2.41. The van der Waals surface area contributed by atoms with Crippen LogP contribution in [0.2, 0.25) is 0 Å². The highest BCUT2D eigenvalue weighted by Gasteiger charge is 2.46. The van der Waals surface area contributed by atoms with Gasteiger partial charge in [0, 0.05) is 18.5 Å². The van der Waals surface area contributed by atoms with Gasteiger partial charge in [-0.05, 0) is 53.9 Å². The van der Waals surface area contributed by atoms with Crippen LogP contribution in [0.1, 0.15) is 35.2 Å². The Kier molecular flexibility index (Phi) is 6.34. The van der Waals surface area contributed by atoms with Gasteiger partial charge in [-0.3, -0.25) is 9.59 Å². The van der Waals surface area contributed by atoms with Crippen molar-refractivity contribution in [1.82, 2.24) is 4.90 Å². The van der Waals surface area contributed by atoms with Gasteiger partial charge in [-0.15, -0.1) is 0 Å². The zero-order valence-electron chi connectivity index (χ0n) is 20.0. The number of amides is 1. The number of hydrogen-bond donors (Lipinski definition) is 1. The van der Waals surface area contributed by atoms with Gasteiger partial charge in [0.15, 0.2) is 0 Å². The van der Waals surface area contributed by atoms with Crippen molar-refractivity contribution >= 4 is 17.4 Å². The van der Waals surface area contributed by atoms with E-state index >= 15 is 0 Å². The van der Waals surface area contributed by atoms with E-state index in [9.17, 15) is 14.7 Å². The maximum atomic E-state index is 13.4. The van der Waals surface area contributed by atoms with Gasteiger partial charge in [-0.25, -0.2) is 0 Å². The fourth-order valence-electron chi connectivity index (χ4n) is 4.82. The van der Waals surface area contributed by atoms with Gasteiger partial charge in [-0.2, -0.15) is 0 Å². The van der Waals surface area contributed by atoms with Crippen molar-refractivity contribution in [3.63, 3.8) is 0 Å². The lowest BCUT2D eigenvalue weighted by Crippen LogP contribution is -2.29. The molecule has 2 aliphatic rings. The predicted octanol–water partition coefficient (Wildman–Crippen LogP) is 5.20. The van der Waals surface area contributed by atoms with Crippen molar-refractivity contribution in [2.75, 3.05) is 6.61 Å². The molecule has 6 nitrogen and oxygen atoms in total. The highest BCUT2D eigenvalue weighted by atomic mass is 16.5. The number of benzene rings is 3. The average molecular weight is 482 g/mol. The molecule has 0 aliphatic carbocycles. The van der Waals surface area contributed by atoms with Crippen LogP contribution in [0.4, 0.5) is 0 Å². The smallest absolute Gasteiger partial charge is 0.295 e. The van der Waals surface area contributed by atoms with E-state index in [4.69, 9.17) is 9.47 Å². The molecular weight excluding hydrogens is 454 g/mol. The van der Waals surface area contributed by atoms with E-state index in [1.807, 2.05) is 55.5 Å². The molecule has 1 N–H and O–H groups in total. The molecule has 5 rings (SSSR count). The minimum absolute atomic E-state index is 0.0483. The molecule has 36 heavy (non-hydrogen) atoms. The van der Waals surface area contributed by atoms with Crippen molar-refractivity contribution in [3.8, 4) is 11.5 Å². The second-order valence-corrected chi connectivity index (χ2v) is 9.04. The molecule has 0 bridgehead atoms. The first-order chi connectivity index (χ1) is 17.5. The van der Waals surface area contributed by atoms with Crippen LogP contribution in [-0.2, 0) is 22.6 Å². The van der Waals surface area contributed by atoms with E-state index in [0.29, 0.717) is 29.9 Å². The number of aliphatic hydroxyl groups is 1. The number of rotatable bonds is 7. The van der Waals surface area contributed by atoms with Gasteiger partial charge in [0.1, 0.15) is 30.0 Å². The van der Waals surface area contributed by atoms with E-state index < -0.39 is 17.7 Å². The zero-order valence-corrected chi connectivity index (χ0v) is 20.0. The normalized spacial score (nSPS) is 20.2. The molecule has 182 valence electrons. The largest absolute Gasteiger partial charge is 0.507 e. The second kappa shape index (κ2) is 9.74. The molecule has 0 aromatic heterocycles. The quantitative estimate of drug-likeness (QED) is 0.217. The Hall–Kier alpha value is -4.32. The molecule has 0 saturated carbocycles. The number of carbonyl (C=O) groups is 2. The van der Waals surface area contributed by atoms with Crippen LogP contribution in [0.25, 0.3) is 5.76 Å². The Bertz CT molecular complexity index is 1360. The Labute approximate surface area is 210 Å². The fraction of sp³-hybridized carbons (Fsp3) is 0.200. The van der Waals surface area contributed by atoms with E-state index in [2.05, 4.69) is 6.58 Å². The van der Waals surface area contributed by atoms with Crippen LogP contribution in [0.5, 0.6) is 11.5 Å². The lowest BCUT2D eigenvalue weighted by atomic mass is 9.94. The van der Waals surface area contributed by atoms with Crippen LogP contribution in [-0.4, -0.2) is 34.4 Å². The molecule has 0 spiro atoms. The van der Waals surface area contributed by atoms with E-state index in [0.717, 1.165) is 16.9 Å². The second-order valence-electron chi connectivity index (χ2n) is 9.04. The Morgan fingerprint density at radius 2 is 1.92 bits per heavy atom. The highest BCUT2D eigenvalue weighted by molar-refractivity contribution is 6.46. The number of hydrogen-bond acceptors (Lipinski definition) is 5. The van der Waals surface area contributed by atoms with Crippen molar-refractivity contribution in [2.24, 2.45) is 0 Å². The molecule has 1 saturated heterocycles. The summed E-state index contributed by atoms with van der Waals surface area (Å²) in [5.41, 5.74) is 3.05. The van der Waals surface area contributed by atoms with E-state index in [-0.39, 0.29) is 24.0 Å². The molecule has 3 aromatic rings. The summed E-state index contributed by atoms with van der Waals surface area (Å²) in [6.45, 7) is 6.21. The number of ether oxygens (including phenoxy) is 2. The monoisotopic (exact) mass is 481 g/mol. The number of nitrogens with zero attached hydrogens (tertiary/aromatic N) is 1. The first-order valence-electron chi connectivity index (χ1n) is 11.9. The molecule has 2 atom stereocenters. The Morgan fingerprint density at radius 3 is 2.69 bits per heavy atom. The Balaban J connectivity index is 1.62. The van der Waals surface area contributed by atoms with E-state index in [1.54, 1.807) is 30.3 Å². The van der Waals surface area contributed by atoms with Gasteiger partial charge in [0.05, 0.1) is 11.6 Å². The van der Waals surface area contributed by atoms with Gasteiger partial charge in [-0.1, -0.05) is 55.1 Å². The van der Waals surface area contributed by atoms with Crippen LogP contribution in [0.15, 0.2) is 91.0 Å². The molecule has 2 aliphatic heterocycles. The third kappa shape index (κ3) is 4.38. The summed E-state index contributed by atoms with van der Waals surface area (Å²) in [6, 6.07) is 21.3. The fourth-order valence-corrected chi connectivity index (χ4v) is 4.82. The van der Waals surface area contributed by atoms with Gasteiger partial charge < -0.3 is 19.5 Å². The first-order valence-corrected chi connectivity index (χ1v) is 11.9. The first kappa shape index (κ1) is 23.4. The summed E-state index contributed by atoms with van der Waals surface area (Å²) in [7, 11) is 0. The SMILES string of the molecule is C=CCOc1cccc([C@@H]2C(=C(O)c3ccc4c(c3)C[C@H](C)O4)C(=O)C(=O)N2Cc2ccccc2)c1. The molecule has 6 heteroatoms. The highest BCUT2D eigenvalue weighted by Crippen LogP contribution is 2.42. The molecular formula is C30H27NO5. The standard InChI is InChI=1S/C30H27NO5/c1-3-14-35-24-11-7-10-21(17-24)27-26(28(32)22-12-13-25-23(16-22)15-19(2)36-25)29(33)30(34)31(27)18-20-8-5-4-6-9-20/h3-13,16-17,19,27,32H,1,14-15,18H2,2H3/t19-,27+/m0/s1. The average Bonchev–Trinajstić information content (AvgIpc) is 3.39. The van der Waals surface area contributed by atoms with Crippen molar-refractivity contribution in [3.05, 3.63) is 113 Å². The third-order valence-corrected chi connectivity index (χ3v) is 6.45. The number of aliphatic hydroxyl groups excluding tert-OH is 1. The minimum atomic E-state index is -0.777. The summed E-state index contributed by atoms with van der Waals surface area (Å²) < 4.78 is 11.5. The summed E-state index contributed by atoms with van der Waals surface area (Å²) in [5, 5.41) is 11.4. The molecule has 0 radical (unpaired) electrons. The van der Waals surface area contributed by atoms with Gasteiger partial charge in [0.25, 0.3) is 11.7 Å². The van der Waals surface area contributed by atoms with Gasteiger partial charge in [0.2, 0.25) is 0 Å². The topological polar surface area (TPSA) is 76.1 Å². The third-order valence-electron chi connectivity index (χ3n) is 6.45. The van der Waals surface area contributed by atoms with Crippen LogP contribution in [0.3, 0.4) is 0 Å². The summed E-state index contributed by atoms with van der Waals surface area (Å²) in [5.74, 6) is -0.209. The lowest BCUT2D eigenvalue weighted by Gasteiger charge is -2.26. The molecule has 1 amide bonds. The Morgan fingerprint density at radius 1 is 1.11 bits per heavy atom. The number of Topliss-reactive ketones (excluding diaryl/α,β-unsaturated/α-hetero) is 1. The number of likely N-dealkylation sites (tertiary alicyclic amines) is 1. The number of fused-ring (bicyclic) bond motifs is 1. The molecule has 0 unspecified atom stereocenters. The maximum Gasteiger partial charge on any atom is 0.295 e. The predicted molar refractivity (Wildman–Crippen MR) is 137 cm³/mol. The number of ketones is 1. The molecule has 1 fully saturated rings. The van der Waals surface area contributed by atoms with Crippen molar-refractivity contribution in [1.29, 1.82) is 0 Å². The molecule has 2 heterocycles. The summed E-state index contributed by atoms with van der Waals surface area (Å²) in [4.78, 5) is 28.2. The molecule has 3 aromatic carbocycles. The van der Waals surface area contributed by atoms with Crippen molar-refractivity contribution < 1.29 is 24.2 Å². The maximum absolute atomic E-state index is 13.4. The van der Waals surface area contributed by atoms with Crippen LogP contribution < -0.4 is 9.47 Å². The zero-order chi connectivity index (χ0) is 25.2. The van der Waals surface area contributed by atoms with Gasteiger partial charge >= 0.3 is 0 Å². The minimum Gasteiger partial charge on any atom is -0.507 e. The lowest BCUT2D eigenvalue weighted by molar-refractivity contribution is -0.140. The van der Waals surface area contributed by atoms with Crippen LogP contribution >= 0.6 is 0 Å². The number of carbonyl (C=O) groups excluding carboxylic acids is 2. The van der Waals surface area contributed by atoms with Crippen molar-refractivity contribution in [2.45, 2.75) is 32.0 Å². The summed E-state index contributed by atoms with van der Waals surface area (Å²) >= 11 is 0. The van der Waals surface area contributed by atoms with Crippen LogP contribution in [0, 0.1) is 0 Å².